The lowest BCUT2D eigenvalue weighted by atomic mass is 9.66. The van der Waals surface area contributed by atoms with Gasteiger partial charge in [-0.25, -0.2) is 0 Å². The van der Waals surface area contributed by atoms with Crippen LogP contribution in [-0.2, 0) is 10.8 Å². The molecule has 10 aromatic rings. The highest BCUT2D eigenvalue weighted by Crippen LogP contribution is 2.60. The van der Waals surface area contributed by atoms with E-state index in [9.17, 15) is 0 Å². The normalized spacial score (nSPS) is 14.1. The van der Waals surface area contributed by atoms with E-state index in [2.05, 4.69) is 231 Å². The van der Waals surface area contributed by atoms with Gasteiger partial charge in [-0.3, -0.25) is 0 Å². The van der Waals surface area contributed by atoms with Crippen LogP contribution in [0.4, 0.5) is 17.1 Å². The molecule has 0 atom stereocenters. The second-order valence-corrected chi connectivity index (χ2v) is 17.8. The molecule has 1 nitrogen and oxygen atoms in total. The predicted molar refractivity (Wildman–Crippen MR) is 254 cm³/mol. The van der Waals surface area contributed by atoms with E-state index in [0.717, 1.165) is 5.69 Å². The standard InChI is InChI=1S/C58H41NS/c1-57(2)45-25-12-11-24-44(45)54-48(57)28-15-30-50(54)59(41-36-34-39(35-37-41)38-18-5-3-6-19-38)51-31-17-33-53-56(51)55-49(29-16-32-52(55)60-53)58(40-20-7-4-8-21-40)46-26-13-9-22-42(46)43-23-10-14-27-47(43)58/h3-37H,1-2H3. The molecule has 0 radical (unpaired) electrons. The van der Waals surface area contributed by atoms with Crippen LogP contribution in [0.15, 0.2) is 212 Å². The number of fused-ring (bicyclic) bond motifs is 9. The molecule has 0 unspecified atom stereocenters. The fourth-order valence-electron chi connectivity index (χ4n) is 10.8. The summed E-state index contributed by atoms with van der Waals surface area (Å²) in [7, 11) is 0. The smallest absolute Gasteiger partial charge is 0.0720 e. The zero-order chi connectivity index (χ0) is 40.0. The Kier molecular flexibility index (Phi) is 7.73. The molecule has 284 valence electrons. The zero-order valence-corrected chi connectivity index (χ0v) is 34.4. The van der Waals surface area contributed by atoms with E-state index in [0.29, 0.717) is 0 Å². The van der Waals surface area contributed by atoms with Gasteiger partial charge < -0.3 is 4.90 Å². The van der Waals surface area contributed by atoms with E-state index < -0.39 is 5.41 Å². The summed E-state index contributed by atoms with van der Waals surface area (Å²) in [5.41, 5.74) is 18.4. The Morgan fingerprint density at radius 1 is 0.367 bits per heavy atom. The SMILES string of the molecule is CC1(C)c2ccccc2-c2c(N(c3ccc(-c4ccccc4)cc3)c3cccc4sc5cccc(C6(c7ccccc7)c7ccccc7-c7ccccc76)c5c34)cccc21. The third-order valence-corrected chi connectivity index (χ3v) is 14.5. The van der Waals surface area contributed by atoms with Gasteiger partial charge in [-0.15, -0.1) is 11.3 Å². The summed E-state index contributed by atoms with van der Waals surface area (Å²) in [4.78, 5) is 2.56. The average molecular weight is 784 g/mol. The molecule has 0 aliphatic heterocycles. The van der Waals surface area contributed by atoms with Crippen molar-refractivity contribution in [3.63, 3.8) is 0 Å². The zero-order valence-electron chi connectivity index (χ0n) is 33.6. The van der Waals surface area contributed by atoms with Gasteiger partial charge in [0.1, 0.15) is 0 Å². The van der Waals surface area contributed by atoms with Crippen LogP contribution >= 0.6 is 11.3 Å². The van der Waals surface area contributed by atoms with Crippen molar-refractivity contribution < 1.29 is 0 Å². The van der Waals surface area contributed by atoms with Crippen molar-refractivity contribution in [3.8, 4) is 33.4 Å². The van der Waals surface area contributed by atoms with Crippen LogP contribution in [0.3, 0.4) is 0 Å². The average Bonchev–Trinajstić information content (AvgIpc) is 3.92. The first-order valence-electron chi connectivity index (χ1n) is 20.9. The van der Waals surface area contributed by atoms with Gasteiger partial charge in [-0.1, -0.05) is 190 Å². The number of hydrogen-bond donors (Lipinski definition) is 0. The summed E-state index contributed by atoms with van der Waals surface area (Å²) in [6.07, 6.45) is 0. The van der Waals surface area contributed by atoms with Gasteiger partial charge in [0.2, 0.25) is 0 Å². The lowest BCUT2D eigenvalue weighted by Crippen LogP contribution is -2.28. The highest BCUT2D eigenvalue weighted by Gasteiger charge is 2.47. The summed E-state index contributed by atoms with van der Waals surface area (Å²) in [5, 5.41) is 2.59. The molecule has 2 aliphatic carbocycles. The summed E-state index contributed by atoms with van der Waals surface area (Å²) in [6, 6.07) is 79.2. The molecule has 60 heavy (non-hydrogen) atoms. The number of nitrogens with zero attached hydrogens (tertiary/aromatic N) is 1. The Balaban J connectivity index is 1.19. The van der Waals surface area contributed by atoms with Crippen molar-refractivity contribution in [2.75, 3.05) is 4.90 Å². The van der Waals surface area contributed by atoms with Crippen LogP contribution < -0.4 is 4.90 Å². The van der Waals surface area contributed by atoms with Gasteiger partial charge in [0, 0.05) is 36.8 Å². The Hall–Kier alpha value is -7.00. The minimum absolute atomic E-state index is 0.135. The minimum Gasteiger partial charge on any atom is -0.309 e. The first-order valence-corrected chi connectivity index (χ1v) is 21.8. The van der Waals surface area contributed by atoms with Crippen molar-refractivity contribution in [3.05, 3.63) is 246 Å². The molecule has 0 bridgehead atoms. The first-order chi connectivity index (χ1) is 29.5. The third kappa shape index (κ3) is 4.86. The highest BCUT2D eigenvalue weighted by atomic mass is 32.1. The topological polar surface area (TPSA) is 3.24 Å². The van der Waals surface area contributed by atoms with E-state index >= 15 is 0 Å². The summed E-state index contributed by atoms with van der Waals surface area (Å²) in [5.74, 6) is 0. The monoisotopic (exact) mass is 783 g/mol. The Morgan fingerprint density at radius 3 is 1.57 bits per heavy atom. The molecule has 0 saturated carbocycles. The highest BCUT2D eigenvalue weighted by molar-refractivity contribution is 7.26. The van der Waals surface area contributed by atoms with Crippen molar-refractivity contribution in [1.82, 2.24) is 0 Å². The van der Waals surface area contributed by atoms with Gasteiger partial charge in [-0.05, 0) is 97.6 Å². The third-order valence-electron chi connectivity index (χ3n) is 13.4. The molecule has 2 aliphatic rings. The molecular weight excluding hydrogens is 743 g/mol. The molecule has 9 aromatic carbocycles. The molecule has 0 N–H and O–H groups in total. The number of hydrogen-bond acceptors (Lipinski definition) is 2. The minimum atomic E-state index is -0.534. The molecule has 2 heteroatoms. The fraction of sp³-hybridized carbons (Fsp3) is 0.0690. The van der Waals surface area contributed by atoms with Crippen molar-refractivity contribution >= 4 is 48.6 Å². The quantitative estimate of drug-likeness (QED) is 0.162. The van der Waals surface area contributed by atoms with Crippen LogP contribution in [0, 0.1) is 0 Å². The molecule has 1 heterocycles. The molecule has 12 rings (SSSR count). The molecule has 0 spiro atoms. The Bertz CT molecular complexity index is 3240. The van der Waals surface area contributed by atoms with E-state index in [4.69, 9.17) is 0 Å². The van der Waals surface area contributed by atoms with E-state index in [-0.39, 0.29) is 5.41 Å². The van der Waals surface area contributed by atoms with Crippen LogP contribution in [-0.4, -0.2) is 0 Å². The van der Waals surface area contributed by atoms with Crippen molar-refractivity contribution in [2.45, 2.75) is 24.7 Å². The van der Waals surface area contributed by atoms with E-state index in [1.54, 1.807) is 0 Å². The Labute approximate surface area is 355 Å². The van der Waals surface area contributed by atoms with Crippen LogP contribution in [0.1, 0.15) is 47.2 Å². The first kappa shape index (κ1) is 35.0. The maximum absolute atomic E-state index is 2.56. The van der Waals surface area contributed by atoms with Gasteiger partial charge in [0.25, 0.3) is 0 Å². The Morgan fingerprint density at radius 2 is 0.867 bits per heavy atom. The lowest BCUT2D eigenvalue weighted by Gasteiger charge is -2.35. The summed E-state index contributed by atoms with van der Waals surface area (Å²) in [6.45, 7) is 4.75. The van der Waals surface area contributed by atoms with Crippen LogP contribution in [0.5, 0.6) is 0 Å². The molecule has 0 saturated heterocycles. The van der Waals surface area contributed by atoms with Crippen LogP contribution in [0.2, 0.25) is 0 Å². The summed E-state index contributed by atoms with van der Waals surface area (Å²) < 4.78 is 2.56. The number of rotatable bonds is 6. The molecule has 0 amide bonds. The van der Waals surface area contributed by atoms with Crippen molar-refractivity contribution in [2.24, 2.45) is 0 Å². The summed E-state index contributed by atoms with van der Waals surface area (Å²) >= 11 is 1.90. The lowest BCUT2D eigenvalue weighted by molar-refractivity contribution is 0.660. The number of anilines is 3. The van der Waals surface area contributed by atoms with Gasteiger partial charge >= 0.3 is 0 Å². The van der Waals surface area contributed by atoms with E-state index in [1.165, 1.54) is 98.3 Å². The van der Waals surface area contributed by atoms with E-state index in [1.807, 2.05) is 11.3 Å². The maximum atomic E-state index is 2.56. The predicted octanol–water partition coefficient (Wildman–Crippen LogP) is 15.9. The number of benzene rings is 9. The molecule has 1 aromatic heterocycles. The van der Waals surface area contributed by atoms with Crippen molar-refractivity contribution in [1.29, 1.82) is 0 Å². The second kappa shape index (κ2) is 13.3. The second-order valence-electron chi connectivity index (χ2n) is 16.8. The fourth-order valence-corrected chi connectivity index (χ4v) is 11.9. The molecule has 0 fully saturated rings. The van der Waals surface area contributed by atoms with Gasteiger partial charge in [0.15, 0.2) is 0 Å². The number of thiophene rings is 1. The van der Waals surface area contributed by atoms with Crippen LogP contribution in [0.25, 0.3) is 53.6 Å². The van der Waals surface area contributed by atoms with Gasteiger partial charge in [0.05, 0.1) is 16.8 Å². The molecular formula is C58H41NS. The largest absolute Gasteiger partial charge is 0.309 e. The maximum Gasteiger partial charge on any atom is 0.0720 e. The van der Waals surface area contributed by atoms with Gasteiger partial charge in [-0.2, -0.15) is 0 Å².